The Morgan fingerprint density at radius 3 is 1.48 bits per heavy atom. The molecule has 13 rings (SSSR count). The van der Waals surface area contributed by atoms with E-state index >= 15 is 0 Å². The molecule has 5 nitrogen and oxygen atoms in total. The highest BCUT2D eigenvalue weighted by atomic mass is 15.1. The van der Waals surface area contributed by atoms with Gasteiger partial charge in [0, 0.05) is 61.6 Å². The summed E-state index contributed by atoms with van der Waals surface area (Å²) >= 11 is 0. The molecule has 0 saturated heterocycles. The van der Waals surface area contributed by atoms with Crippen molar-refractivity contribution < 1.29 is 0 Å². The fourth-order valence-corrected chi connectivity index (χ4v) is 11.3. The number of aliphatic imine (C=N–C) groups is 1. The molecule has 0 saturated carbocycles. The van der Waals surface area contributed by atoms with Crippen LogP contribution in [0.5, 0.6) is 0 Å². The zero-order chi connectivity index (χ0) is 49.0. The Morgan fingerprint density at radius 1 is 0.397 bits per heavy atom. The van der Waals surface area contributed by atoms with E-state index in [9.17, 15) is 0 Å². The van der Waals surface area contributed by atoms with Crippen molar-refractivity contribution in [2.75, 3.05) is 4.90 Å². The zero-order valence-corrected chi connectivity index (χ0v) is 40.2. The van der Waals surface area contributed by atoms with Gasteiger partial charge >= 0.3 is 0 Å². The highest BCUT2D eigenvalue weighted by Gasteiger charge is 2.22. The van der Waals surface area contributed by atoms with Crippen LogP contribution < -0.4 is 4.90 Å². The molecule has 0 aliphatic rings. The van der Waals surface area contributed by atoms with E-state index < -0.39 is 0 Å². The minimum atomic E-state index is 0.605. The second kappa shape index (κ2) is 17.9. The quantitative estimate of drug-likeness (QED) is 0.0887. The van der Waals surface area contributed by atoms with Gasteiger partial charge in [-0.3, -0.25) is 4.99 Å². The summed E-state index contributed by atoms with van der Waals surface area (Å²) in [6.07, 6.45) is 3.56. The van der Waals surface area contributed by atoms with Crippen molar-refractivity contribution in [3.05, 3.63) is 279 Å². The van der Waals surface area contributed by atoms with Gasteiger partial charge in [0.1, 0.15) is 0 Å². The van der Waals surface area contributed by atoms with Gasteiger partial charge in [0.2, 0.25) is 0 Å². The van der Waals surface area contributed by atoms with Gasteiger partial charge in [0.25, 0.3) is 0 Å². The molecule has 0 bridgehead atoms. The SMILES string of the molecule is C=C/C(N=C)=C(\C=C)N(Cc1ccc(-n2c3ccccc3c3c(-c4cccc5c4c4ccccc4n5-c4ccc5c(c4)c4cc(-c6ccccc6)ccc4n5-c4ccccc4)cccc32)cc1)c1ccccc1. The van der Waals surface area contributed by atoms with E-state index in [4.69, 9.17) is 0 Å². The number of allylic oxidation sites excluding steroid dienone is 2. The Morgan fingerprint density at radius 2 is 0.877 bits per heavy atom. The van der Waals surface area contributed by atoms with E-state index in [1.807, 2.05) is 24.3 Å². The maximum absolute atomic E-state index is 4.28. The van der Waals surface area contributed by atoms with E-state index in [-0.39, 0.29) is 0 Å². The summed E-state index contributed by atoms with van der Waals surface area (Å²) in [4.78, 5) is 6.49. The van der Waals surface area contributed by atoms with Crippen LogP contribution in [0.1, 0.15) is 5.56 Å². The van der Waals surface area contributed by atoms with Crippen LogP contribution in [-0.4, -0.2) is 20.4 Å². The van der Waals surface area contributed by atoms with Crippen LogP contribution in [0, 0.1) is 0 Å². The molecule has 0 radical (unpaired) electrons. The first-order valence-corrected chi connectivity index (χ1v) is 24.7. The van der Waals surface area contributed by atoms with E-state index in [0.717, 1.165) is 50.6 Å². The predicted molar refractivity (Wildman–Crippen MR) is 310 cm³/mol. The monoisotopic (exact) mass is 935 g/mol. The minimum Gasteiger partial charge on any atom is -0.335 e. The Balaban J connectivity index is 0.964. The van der Waals surface area contributed by atoms with Crippen molar-refractivity contribution in [3.8, 4) is 39.3 Å². The average molecular weight is 936 g/mol. The topological polar surface area (TPSA) is 30.4 Å². The number of hydrogen-bond acceptors (Lipinski definition) is 2. The second-order valence-corrected chi connectivity index (χ2v) is 18.5. The Bertz CT molecular complexity index is 4310. The van der Waals surface area contributed by atoms with Crippen molar-refractivity contribution in [1.82, 2.24) is 13.7 Å². The molecule has 0 aliphatic heterocycles. The predicted octanol–water partition coefficient (Wildman–Crippen LogP) is 17.6. The van der Waals surface area contributed by atoms with Gasteiger partial charge in [-0.15, -0.1) is 0 Å². The molecule has 73 heavy (non-hydrogen) atoms. The molecule has 3 heterocycles. The molecule has 0 N–H and O–H groups in total. The second-order valence-electron chi connectivity index (χ2n) is 18.5. The lowest BCUT2D eigenvalue weighted by atomic mass is 9.95. The van der Waals surface area contributed by atoms with Gasteiger partial charge in [0.15, 0.2) is 0 Å². The fraction of sp³-hybridized carbons (Fsp3) is 0.0147. The number of anilines is 1. The summed E-state index contributed by atoms with van der Waals surface area (Å²) in [5, 5.41) is 7.30. The van der Waals surface area contributed by atoms with Crippen LogP contribution in [0.2, 0.25) is 0 Å². The van der Waals surface area contributed by atoms with Crippen LogP contribution in [0.4, 0.5) is 5.69 Å². The third-order valence-corrected chi connectivity index (χ3v) is 14.5. The first-order chi connectivity index (χ1) is 36.1. The molecule has 0 atom stereocenters. The number of para-hydroxylation sites is 4. The summed E-state index contributed by atoms with van der Waals surface area (Å²) < 4.78 is 7.27. The summed E-state index contributed by atoms with van der Waals surface area (Å²) in [5.41, 5.74) is 18.8. The summed E-state index contributed by atoms with van der Waals surface area (Å²) in [6, 6.07) is 85.8. The molecule has 0 aliphatic carbocycles. The average Bonchev–Trinajstić information content (AvgIpc) is 4.11. The number of hydrogen-bond donors (Lipinski definition) is 0. The van der Waals surface area contributed by atoms with Crippen molar-refractivity contribution in [3.63, 3.8) is 0 Å². The molecular formula is C68H49N5. The zero-order valence-electron chi connectivity index (χ0n) is 40.2. The van der Waals surface area contributed by atoms with Gasteiger partial charge in [-0.05, 0) is 138 Å². The molecule has 5 heteroatoms. The highest BCUT2D eigenvalue weighted by molar-refractivity contribution is 6.22. The summed E-state index contributed by atoms with van der Waals surface area (Å²) in [5.74, 6) is 0. The number of nitrogens with zero attached hydrogens (tertiary/aromatic N) is 5. The number of benzene rings is 10. The van der Waals surface area contributed by atoms with Crippen LogP contribution >= 0.6 is 0 Å². The van der Waals surface area contributed by atoms with Gasteiger partial charge < -0.3 is 18.6 Å². The Hall–Kier alpha value is -9.71. The number of fused-ring (bicyclic) bond motifs is 9. The smallest absolute Gasteiger partial charge is 0.0853 e. The van der Waals surface area contributed by atoms with E-state index in [1.54, 1.807) is 6.08 Å². The Labute approximate surface area is 424 Å². The van der Waals surface area contributed by atoms with Crippen molar-refractivity contribution in [2.24, 2.45) is 4.99 Å². The molecule has 10 aromatic carbocycles. The summed E-state index contributed by atoms with van der Waals surface area (Å²) in [6.45, 7) is 12.6. The number of aromatic nitrogens is 3. The first-order valence-electron chi connectivity index (χ1n) is 24.7. The van der Waals surface area contributed by atoms with Crippen LogP contribution in [0.3, 0.4) is 0 Å². The fourth-order valence-electron chi connectivity index (χ4n) is 11.3. The molecule has 346 valence electrons. The lowest BCUT2D eigenvalue weighted by Crippen LogP contribution is -2.22. The highest BCUT2D eigenvalue weighted by Crippen LogP contribution is 2.45. The third kappa shape index (κ3) is 7.12. The molecule has 13 aromatic rings. The van der Waals surface area contributed by atoms with E-state index in [2.05, 4.69) is 262 Å². The summed E-state index contributed by atoms with van der Waals surface area (Å²) in [7, 11) is 0. The lowest BCUT2D eigenvalue weighted by Gasteiger charge is -2.27. The maximum Gasteiger partial charge on any atom is 0.0853 e. The molecule has 0 unspecified atom stereocenters. The van der Waals surface area contributed by atoms with Gasteiger partial charge in [-0.2, -0.15) is 0 Å². The van der Waals surface area contributed by atoms with Crippen LogP contribution in [0.15, 0.2) is 278 Å². The number of rotatable bonds is 12. The van der Waals surface area contributed by atoms with E-state index in [0.29, 0.717) is 12.2 Å². The van der Waals surface area contributed by atoms with Gasteiger partial charge in [-0.1, -0.05) is 159 Å². The molecular weight excluding hydrogens is 887 g/mol. The molecule has 0 fully saturated rings. The van der Waals surface area contributed by atoms with Crippen molar-refractivity contribution in [2.45, 2.75) is 6.54 Å². The first kappa shape index (κ1) is 43.3. The largest absolute Gasteiger partial charge is 0.335 e. The molecule has 3 aromatic heterocycles. The Kier molecular flexibility index (Phi) is 10.6. The van der Waals surface area contributed by atoms with Crippen molar-refractivity contribution in [1.29, 1.82) is 0 Å². The third-order valence-electron chi connectivity index (χ3n) is 14.5. The van der Waals surface area contributed by atoms with Crippen molar-refractivity contribution >= 4 is 77.8 Å². The maximum atomic E-state index is 4.28. The molecule has 0 spiro atoms. The van der Waals surface area contributed by atoms with Crippen LogP contribution in [0.25, 0.3) is 105 Å². The molecule has 0 amide bonds. The van der Waals surface area contributed by atoms with Gasteiger partial charge in [0.05, 0.1) is 44.5 Å². The lowest BCUT2D eigenvalue weighted by molar-refractivity contribution is 0.922. The normalized spacial score (nSPS) is 12.0. The minimum absolute atomic E-state index is 0.605. The van der Waals surface area contributed by atoms with Gasteiger partial charge in [-0.25, -0.2) is 0 Å². The van der Waals surface area contributed by atoms with Crippen LogP contribution in [-0.2, 0) is 6.54 Å². The van der Waals surface area contributed by atoms with E-state index in [1.165, 1.54) is 71.1 Å². The standard InChI is InChI=1S/C68H49N5/c1-4-59(69-3)60(5-2)70(49-23-11-7-12-24-49)45-46-35-38-51(39-36-46)72-61-31-17-15-27-55(61)67-53(29-19-33-65(67)72)54-30-20-34-66-68(54)56-28-16-18-32-62(56)73(66)52-40-42-64-58(44-52)57-43-48(47-21-9-6-10-22-47)37-41-63(57)71(64)50-25-13-8-14-26-50/h4-44H,1-3,45H2/b60-59-.